The van der Waals surface area contributed by atoms with Gasteiger partial charge in [-0.25, -0.2) is 9.59 Å². The summed E-state index contributed by atoms with van der Waals surface area (Å²) in [6.07, 6.45) is 3.01. The summed E-state index contributed by atoms with van der Waals surface area (Å²) in [6, 6.07) is 8.46. The minimum Gasteiger partial charge on any atom is -0.459 e. The second kappa shape index (κ2) is 11.9. The largest absolute Gasteiger partial charge is 0.459 e. The van der Waals surface area contributed by atoms with Crippen molar-refractivity contribution < 1.29 is 32.6 Å². The van der Waals surface area contributed by atoms with Crippen LogP contribution in [0.5, 0.6) is 0 Å². The molecule has 10 heteroatoms. The second-order valence-electron chi connectivity index (χ2n) is 8.30. The molecule has 1 aliphatic heterocycles. The summed E-state index contributed by atoms with van der Waals surface area (Å²) in [5.41, 5.74) is -0.408. The maximum Gasteiger partial charge on any atom is 0.410 e. The van der Waals surface area contributed by atoms with Crippen molar-refractivity contribution in [2.45, 2.75) is 51.2 Å². The number of hydrogen-bond donors (Lipinski definition) is 0. The Morgan fingerprint density at radius 1 is 1.31 bits per heavy atom. The average Bonchev–Trinajstić information content (AvgIpc) is 3.27. The lowest BCUT2D eigenvalue weighted by atomic mass is 10.0. The maximum absolute atomic E-state index is 14.6. The Kier molecular flexibility index (Phi) is 9.18. The van der Waals surface area contributed by atoms with Gasteiger partial charge in [0, 0.05) is 27.9 Å². The standard InChI is InChI=1S/C25H26BrF2NO5S/c1-16(2)34-23(31)21-10-9-20(35-21)7-4-13-29-19(12-14-33-24(29)32)8-11-22(30)25(27,28)17-5-3-6-18(26)15-17/h3,5-6,8-11,15-16,19H,4,7,12-14H2,1-2H3/t19-/m0/s1. The highest BCUT2D eigenvalue weighted by Crippen LogP contribution is 2.31. The van der Waals surface area contributed by atoms with Crippen LogP contribution in [0.4, 0.5) is 13.6 Å². The molecule has 1 aliphatic rings. The number of amides is 1. The molecule has 1 amide bonds. The van der Waals surface area contributed by atoms with Crippen LogP contribution in [0.2, 0.25) is 0 Å². The van der Waals surface area contributed by atoms with Gasteiger partial charge < -0.3 is 14.4 Å². The Bertz CT molecular complexity index is 1100. The average molecular weight is 570 g/mol. The molecule has 0 spiro atoms. The Labute approximate surface area is 215 Å². The van der Waals surface area contributed by atoms with Crippen molar-refractivity contribution in [1.29, 1.82) is 0 Å². The van der Waals surface area contributed by atoms with Crippen molar-refractivity contribution in [2.24, 2.45) is 0 Å². The zero-order valence-electron chi connectivity index (χ0n) is 19.3. The van der Waals surface area contributed by atoms with E-state index >= 15 is 0 Å². The summed E-state index contributed by atoms with van der Waals surface area (Å²) in [7, 11) is 0. The molecule has 35 heavy (non-hydrogen) atoms. The lowest BCUT2D eigenvalue weighted by molar-refractivity contribution is -0.139. The van der Waals surface area contributed by atoms with Crippen LogP contribution in [-0.2, 0) is 26.6 Å². The number of rotatable bonds is 10. The molecule has 6 nitrogen and oxygen atoms in total. The smallest absolute Gasteiger partial charge is 0.410 e. The number of nitrogens with zero attached hydrogens (tertiary/aromatic N) is 1. The Morgan fingerprint density at radius 3 is 2.80 bits per heavy atom. The number of halogens is 3. The lowest BCUT2D eigenvalue weighted by Gasteiger charge is -2.33. The fourth-order valence-electron chi connectivity index (χ4n) is 3.55. The van der Waals surface area contributed by atoms with Crippen LogP contribution in [-0.4, -0.2) is 48.0 Å². The van der Waals surface area contributed by atoms with Gasteiger partial charge in [0.2, 0.25) is 5.78 Å². The quantitative estimate of drug-likeness (QED) is 0.254. The maximum atomic E-state index is 14.6. The first-order valence-corrected chi connectivity index (χ1v) is 12.8. The van der Waals surface area contributed by atoms with Crippen LogP contribution in [0.15, 0.2) is 53.0 Å². The normalized spacial score (nSPS) is 16.6. The van der Waals surface area contributed by atoms with E-state index in [0.29, 0.717) is 35.2 Å². The molecule has 1 saturated heterocycles. The van der Waals surface area contributed by atoms with Crippen molar-refractivity contribution in [1.82, 2.24) is 4.90 Å². The van der Waals surface area contributed by atoms with Gasteiger partial charge in [-0.1, -0.05) is 34.1 Å². The van der Waals surface area contributed by atoms with Crippen molar-refractivity contribution in [3.05, 3.63) is 68.3 Å². The zero-order valence-corrected chi connectivity index (χ0v) is 21.7. The molecule has 188 valence electrons. The van der Waals surface area contributed by atoms with Crippen molar-refractivity contribution in [3.8, 4) is 0 Å². The molecule has 0 unspecified atom stereocenters. The summed E-state index contributed by atoms with van der Waals surface area (Å²) in [4.78, 5) is 39.5. The number of allylic oxidation sites excluding steroid dienone is 1. The molecule has 1 fully saturated rings. The highest BCUT2D eigenvalue weighted by Gasteiger charge is 2.39. The topological polar surface area (TPSA) is 72.9 Å². The highest BCUT2D eigenvalue weighted by molar-refractivity contribution is 9.10. The van der Waals surface area contributed by atoms with Gasteiger partial charge in [-0.3, -0.25) is 4.79 Å². The van der Waals surface area contributed by atoms with E-state index in [2.05, 4.69) is 15.9 Å². The number of hydrogen-bond acceptors (Lipinski definition) is 6. The number of aryl methyl sites for hydroxylation is 1. The predicted molar refractivity (Wildman–Crippen MR) is 132 cm³/mol. The third-order valence-electron chi connectivity index (χ3n) is 5.27. The highest BCUT2D eigenvalue weighted by atomic mass is 79.9. The molecule has 1 aromatic heterocycles. The van der Waals surface area contributed by atoms with E-state index in [1.807, 2.05) is 6.07 Å². The third-order valence-corrected chi connectivity index (χ3v) is 6.89. The summed E-state index contributed by atoms with van der Waals surface area (Å²) in [5.74, 6) is -5.41. The van der Waals surface area contributed by atoms with Crippen molar-refractivity contribution >= 4 is 45.1 Å². The van der Waals surface area contributed by atoms with Gasteiger partial charge >= 0.3 is 18.0 Å². The first-order valence-electron chi connectivity index (χ1n) is 11.2. The van der Waals surface area contributed by atoms with Crippen molar-refractivity contribution in [3.63, 3.8) is 0 Å². The number of benzene rings is 1. The number of thiophene rings is 1. The number of carbonyl (C=O) groups is 3. The molecular formula is C25H26BrF2NO5S. The zero-order chi connectivity index (χ0) is 25.6. The molecule has 0 bridgehead atoms. The van der Waals surface area contributed by atoms with Gasteiger partial charge in [-0.2, -0.15) is 8.78 Å². The SMILES string of the molecule is CC(C)OC(=O)c1ccc(CCCN2C(=O)OCC[C@@H]2C=CC(=O)C(F)(F)c2cccc(Br)c2)s1. The number of ether oxygens (including phenoxy) is 2. The van der Waals surface area contributed by atoms with E-state index in [1.165, 1.54) is 40.5 Å². The molecule has 0 radical (unpaired) electrons. The molecule has 0 N–H and O–H groups in total. The van der Waals surface area contributed by atoms with Gasteiger partial charge in [0.05, 0.1) is 18.8 Å². The molecule has 0 aliphatic carbocycles. The summed E-state index contributed by atoms with van der Waals surface area (Å²) < 4.78 is 40.0. The number of alkyl halides is 2. The third kappa shape index (κ3) is 7.20. The van der Waals surface area contributed by atoms with Gasteiger partial charge in [-0.15, -0.1) is 11.3 Å². The van der Waals surface area contributed by atoms with Crippen molar-refractivity contribution in [2.75, 3.05) is 13.2 Å². The number of carbonyl (C=O) groups excluding carboxylic acids is 3. The van der Waals surface area contributed by atoms with Gasteiger partial charge in [0.25, 0.3) is 0 Å². The molecule has 1 aromatic carbocycles. The van der Waals surface area contributed by atoms with E-state index in [0.717, 1.165) is 11.0 Å². The van der Waals surface area contributed by atoms with Gasteiger partial charge in [-0.05, 0) is 57.0 Å². The fraction of sp³-hybridized carbons (Fsp3) is 0.400. The van der Waals surface area contributed by atoms with E-state index in [-0.39, 0.29) is 18.7 Å². The fourth-order valence-corrected chi connectivity index (χ4v) is 4.88. The van der Waals surface area contributed by atoms with Crippen LogP contribution in [0.1, 0.15) is 46.8 Å². The summed E-state index contributed by atoms with van der Waals surface area (Å²) >= 11 is 4.47. The molecular weight excluding hydrogens is 544 g/mol. The number of ketones is 1. The van der Waals surface area contributed by atoms with Crippen LogP contribution < -0.4 is 0 Å². The minimum absolute atomic E-state index is 0.146. The summed E-state index contributed by atoms with van der Waals surface area (Å²) in [6.45, 7) is 4.02. The van der Waals surface area contributed by atoms with Crippen LogP contribution in [0.3, 0.4) is 0 Å². The van der Waals surface area contributed by atoms with Gasteiger partial charge in [0.1, 0.15) is 4.88 Å². The lowest BCUT2D eigenvalue weighted by Crippen LogP contribution is -2.45. The number of cyclic esters (lactones) is 1. The van der Waals surface area contributed by atoms with E-state index in [1.54, 1.807) is 26.0 Å². The van der Waals surface area contributed by atoms with Crippen LogP contribution in [0, 0.1) is 0 Å². The Hall–Kier alpha value is -2.59. The van der Waals surface area contributed by atoms with E-state index in [4.69, 9.17) is 9.47 Å². The van der Waals surface area contributed by atoms with E-state index < -0.39 is 29.4 Å². The summed E-state index contributed by atoms with van der Waals surface area (Å²) in [5, 5.41) is 0. The Balaban J connectivity index is 1.60. The Morgan fingerprint density at radius 2 is 2.09 bits per heavy atom. The monoisotopic (exact) mass is 569 g/mol. The first kappa shape index (κ1) is 27.0. The minimum atomic E-state index is -3.69. The predicted octanol–water partition coefficient (Wildman–Crippen LogP) is 6.14. The van der Waals surface area contributed by atoms with Crippen LogP contribution >= 0.6 is 27.3 Å². The molecule has 0 saturated carbocycles. The number of esters is 1. The van der Waals surface area contributed by atoms with Crippen LogP contribution in [0.25, 0.3) is 0 Å². The second-order valence-corrected chi connectivity index (χ2v) is 10.4. The molecule has 2 heterocycles. The molecule has 2 aromatic rings. The molecule has 3 rings (SSSR count). The first-order chi connectivity index (χ1) is 16.6. The van der Waals surface area contributed by atoms with E-state index in [9.17, 15) is 23.2 Å². The van der Waals surface area contributed by atoms with Gasteiger partial charge in [0.15, 0.2) is 0 Å². The molecule has 1 atom stereocenters.